The molecule has 1 aromatic heterocycles. The average Bonchev–Trinajstić information content (AvgIpc) is 2.60. The number of hydrogen-bond donors (Lipinski definition) is 0. The molecule has 0 radical (unpaired) electrons. The van der Waals surface area contributed by atoms with Crippen LogP contribution in [0.1, 0.15) is 49.7 Å². The lowest BCUT2D eigenvalue weighted by molar-refractivity contribution is 0.0912. The molecular weight excluding hydrogens is 334 g/mol. The van der Waals surface area contributed by atoms with Crippen molar-refractivity contribution in [2.75, 3.05) is 6.26 Å². The quantitative estimate of drug-likeness (QED) is 0.772. The van der Waals surface area contributed by atoms with E-state index in [2.05, 4.69) is 12.2 Å². The Morgan fingerprint density at radius 2 is 2.00 bits per heavy atom. The maximum atomic E-state index is 12.0. The van der Waals surface area contributed by atoms with E-state index in [1.165, 1.54) is 19.3 Å². The molecule has 0 amide bonds. The van der Waals surface area contributed by atoms with Crippen molar-refractivity contribution in [3.63, 3.8) is 0 Å². The molecule has 1 fully saturated rings. The minimum Gasteiger partial charge on any atom is -0.616 e. The summed E-state index contributed by atoms with van der Waals surface area (Å²) in [6.45, 7) is 1.83. The van der Waals surface area contributed by atoms with Gasteiger partial charge in [0.1, 0.15) is 11.0 Å². The van der Waals surface area contributed by atoms with Crippen molar-refractivity contribution < 1.29 is 9.29 Å². The fourth-order valence-electron chi connectivity index (χ4n) is 3.64. The Bertz CT molecular complexity index is 716. The molecule has 1 heterocycles. The van der Waals surface area contributed by atoms with Crippen molar-refractivity contribution in [1.29, 1.82) is 0 Å². The number of rotatable bonds is 4. The predicted molar refractivity (Wildman–Crippen MR) is 103 cm³/mol. The van der Waals surface area contributed by atoms with Gasteiger partial charge >= 0.3 is 0 Å². The molecule has 136 valence electrons. The normalized spacial score (nSPS) is 23.0. The minimum atomic E-state index is -0.928. The van der Waals surface area contributed by atoms with Crippen LogP contribution in [0.4, 0.5) is 0 Å². The number of hydrogen-bond acceptors (Lipinski definition) is 3. The van der Waals surface area contributed by atoms with Crippen molar-refractivity contribution >= 4 is 16.7 Å². The van der Waals surface area contributed by atoms with Gasteiger partial charge in [-0.3, -0.25) is 4.79 Å². The predicted octanol–water partition coefficient (Wildman–Crippen LogP) is 3.46. The second-order valence-electron chi connectivity index (χ2n) is 7.13. The van der Waals surface area contributed by atoms with Gasteiger partial charge in [0, 0.05) is 36.4 Å². The number of ether oxygens (including phenoxy) is 1. The van der Waals surface area contributed by atoms with Gasteiger partial charge in [0.2, 0.25) is 0 Å². The first-order valence-electron chi connectivity index (χ1n) is 9.04. The van der Waals surface area contributed by atoms with Crippen molar-refractivity contribution in [3.05, 3.63) is 51.7 Å². The highest BCUT2D eigenvalue weighted by atomic mass is 32.2. The lowest BCUT2D eigenvalue weighted by atomic mass is 9.95. The molecule has 0 bridgehead atoms. The molecule has 1 saturated carbocycles. The largest absolute Gasteiger partial charge is 0.616 e. The van der Waals surface area contributed by atoms with Crippen LogP contribution < -0.4 is 5.56 Å². The first-order chi connectivity index (χ1) is 12.0. The monoisotopic (exact) mass is 361 g/mol. The number of nitrogens with zero attached hydrogens (tertiary/aromatic N) is 1. The molecule has 5 heteroatoms. The first-order valence-corrected chi connectivity index (χ1v) is 10.7. The molecule has 4 nitrogen and oxygen atoms in total. The number of aryl methyl sites for hydroxylation is 2. The van der Waals surface area contributed by atoms with Crippen LogP contribution in [-0.4, -0.2) is 26.7 Å². The van der Waals surface area contributed by atoms with Crippen LogP contribution in [0.5, 0.6) is 0 Å². The Labute approximate surface area is 152 Å². The van der Waals surface area contributed by atoms with Gasteiger partial charge in [-0.05, 0) is 62.0 Å². The molecule has 2 aliphatic carbocycles. The van der Waals surface area contributed by atoms with Crippen molar-refractivity contribution in [1.82, 2.24) is 4.57 Å². The highest BCUT2D eigenvalue weighted by molar-refractivity contribution is 7.91. The minimum absolute atomic E-state index is 0.00811. The van der Waals surface area contributed by atoms with Crippen molar-refractivity contribution in [3.8, 4) is 0 Å². The van der Waals surface area contributed by atoms with E-state index in [-0.39, 0.29) is 16.9 Å². The zero-order chi connectivity index (χ0) is 18.0. The fourth-order valence-corrected chi connectivity index (χ4v) is 4.33. The van der Waals surface area contributed by atoms with Crippen LogP contribution in [-0.2, 0) is 23.0 Å². The molecule has 0 spiro atoms. The molecule has 1 aromatic rings. The topological polar surface area (TPSA) is 54.3 Å². The van der Waals surface area contributed by atoms with Crippen LogP contribution in [0.2, 0.25) is 0 Å². The summed E-state index contributed by atoms with van der Waals surface area (Å²) in [5, 5.41) is -0.00811. The summed E-state index contributed by atoms with van der Waals surface area (Å²) in [6.07, 6.45) is 14.7. The van der Waals surface area contributed by atoms with Crippen LogP contribution in [0.15, 0.2) is 35.0 Å². The standard InChI is InChI=1S/C20H27NO3S/c1-14-11-15(13-21(2)20(14)22)18-12-17(25(3)23)9-10-19(18)24-16-7-5-4-6-8-16/h10-13,16-17H,4-9H2,1-3H3. The SMILES string of the molecule is Cc1cc(C2=CC([S+](C)[O-])CC=C2OC2CCCCC2)cn(C)c1=O. The first kappa shape index (κ1) is 18.3. The number of pyridine rings is 1. The smallest absolute Gasteiger partial charge is 0.253 e. The van der Waals surface area contributed by atoms with Crippen LogP contribution >= 0.6 is 0 Å². The summed E-state index contributed by atoms with van der Waals surface area (Å²) < 4.78 is 20.0. The number of allylic oxidation sites excluding steroid dienone is 2. The molecule has 2 unspecified atom stereocenters. The van der Waals surface area contributed by atoms with E-state index in [4.69, 9.17) is 4.74 Å². The third-order valence-electron chi connectivity index (χ3n) is 5.10. The zero-order valence-corrected chi connectivity index (χ0v) is 16.1. The van der Waals surface area contributed by atoms with Gasteiger partial charge in [0.15, 0.2) is 0 Å². The Hall–Kier alpha value is -1.46. The van der Waals surface area contributed by atoms with Crippen LogP contribution in [0, 0.1) is 6.92 Å². The molecule has 25 heavy (non-hydrogen) atoms. The fraction of sp³-hybridized carbons (Fsp3) is 0.550. The highest BCUT2D eigenvalue weighted by Gasteiger charge is 2.26. The summed E-state index contributed by atoms with van der Waals surface area (Å²) >= 11 is -0.928. The molecule has 2 atom stereocenters. The van der Waals surface area contributed by atoms with Gasteiger partial charge in [0.05, 0.1) is 12.4 Å². The summed E-state index contributed by atoms with van der Waals surface area (Å²) in [5.74, 6) is 0.881. The summed E-state index contributed by atoms with van der Waals surface area (Å²) in [7, 11) is 1.77. The molecular formula is C20H27NO3S. The number of aromatic nitrogens is 1. The zero-order valence-electron chi connectivity index (χ0n) is 15.3. The van der Waals surface area contributed by atoms with E-state index in [0.717, 1.165) is 36.2 Å². The maximum absolute atomic E-state index is 12.0. The maximum Gasteiger partial charge on any atom is 0.253 e. The lowest BCUT2D eigenvalue weighted by Crippen LogP contribution is -2.24. The van der Waals surface area contributed by atoms with E-state index in [1.54, 1.807) is 17.9 Å². The molecule has 0 aromatic carbocycles. The Morgan fingerprint density at radius 1 is 1.28 bits per heavy atom. The van der Waals surface area contributed by atoms with Gasteiger partial charge in [-0.25, -0.2) is 0 Å². The lowest BCUT2D eigenvalue weighted by Gasteiger charge is -2.28. The van der Waals surface area contributed by atoms with E-state index in [1.807, 2.05) is 19.2 Å². The van der Waals surface area contributed by atoms with Crippen LogP contribution in [0.3, 0.4) is 0 Å². The third kappa shape index (κ3) is 4.21. The van der Waals surface area contributed by atoms with E-state index >= 15 is 0 Å². The van der Waals surface area contributed by atoms with E-state index in [0.29, 0.717) is 5.56 Å². The van der Waals surface area contributed by atoms with Gasteiger partial charge in [0.25, 0.3) is 5.56 Å². The van der Waals surface area contributed by atoms with Gasteiger partial charge < -0.3 is 13.9 Å². The van der Waals surface area contributed by atoms with Crippen molar-refractivity contribution in [2.24, 2.45) is 7.05 Å². The highest BCUT2D eigenvalue weighted by Crippen LogP contribution is 2.34. The van der Waals surface area contributed by atoms with Gasteiger partial charge in [-0.1, -0.05) is 6.42 Å². The summed E-state index contributed by atoms with van der Waals surface area (Å²) in [5.41, 5.74) is 2.64. The molecule has 0 N–H and O–H groups in total. The molecule has 0 aliphatic heterocycles. The molecule has 0 saturated heterocycles. The van der Waals surface area contributed by atoms with Gasteiger partial charge in [-0.15, -0.1) is 0 Å². The van der Waals surface area contributed by atoms with Gasteiger partial charge in [-0.2, -0.15) is 0 Å². The van der Waals surface area contributed by atoms with Crippen molar-refractivity contribution in [2.45, 2.75) is 56.8 Å². The van der Waals surface area contributed by atoms with E-state index in [9.17, 15) is 9.35 Å². The van der Waals surface area contributed by atoms with Crippen LogP contribution in [0.25, 0.3) is 5.57 Å². The van der Waals surface area contributed by atoms with E-state index < -0.39 is 11.2 Å². The Balaban J connectivity index is 1.94. The average molecular weight is 362 g/mol. The molecule has 3 rings (SSSR count). The third-order valence-corrected chi connectivity index (χ3v) is 6.28. The molecule has 2 aliphatic rings. The Kier molecular flexibility index (Phi) is 5.74. The summed E-state index contributed by atoms with van der Waals surface area (Å²) in [4.78, 5) is 12.0. The second kappa shape index (κ2) is 7.83. The second-order valence-corrected chi connectivity index (χ2v) is 8.73. The Morgan fingerprint density at radius 3 is 2.64 bits per heavy atom. The summed E-state index contributed by atoms with van der Waals surface area (Å²) in [6, 6.07) is 1.91.